The molecule has 0 saturated heterocycles. The van der Waals surface area contributed by atoms with Crippen LogP contribution in [0.5, 0.6) is 0 Å². The highest BCUT2D eigenvalue weighted by Crippen LogP contribution is 2.15. The van der Waals surface area contributed by atoms with Crippen molar-refractivity contribution in [1.82, 2.24) is 19.7 Å². The maximum absolute atomic E-state index is 11.6. The van der Waals surface area contributed by atoms with E-state index in [9.17, 15) is 4.79 Å². The number of carbonyl (C=O) groups is 1. The zero-order valence-corrected chi connectivity index (χ0v) is 11.4. The van der Waals surface area contributed by atoms with Crippen LogP contribution in [0.15, 0.2) is 24.8 Å². The first kappa shape index (κ1) is 13.5. The minimum absolute atomic E-state index is 0.220. The van der Waals surface area contributed by atoms with Gasteiger partial charge in [-0.3, -0.25) is 14.2 Å². The lowest BCUT2D eigenvalue weighted by molar-refractivity contribution is -0.150. The number of carbonyl (C=O) groups excluding carboxylic acids is 1. The maximum atomic E-state index is 11.6. The largest absolute Gasteiger partial charge is 0.469 e. The van der Waals surface area contributed by atoms with E-state index in [4.69, 9.17) is 4.74 Å². The predicted octanol–water partition coefficient (Wildman–Crippen LogP) is 1.02. The summed E-state index contributed by atoms with van der Waals surface area (Å²) in [5.74, 6) is -0.220. The third-order valence-corrected chi connectivity index (χ3v) is 3.00. The number of ether oxygens (including phenoxy) is 1. The standard InChI is InChI=1S/C13H18N4O2/c1-13(2,12(18)19-3)9-15-6-10-7-16-11-8-14-4-5-17(10)11/h4-5,7-8,15H,6,9H2,1-3H3. The molecule has 0 atom stereocenters. The molecule has 0 amide bonds. The van der Waals surface area contributed by atoms with Gasteiger partial charge in [-0.1, -0.05) is 0 Å². The molecule has 0 fully saturated rings. The fourth-order valence-corrected chi connectivity index (χ4v) is 1.88. The molecular formula is C13H18N4O2. The summed E-state index contributed by atoms with van der Waals surface area (Å²) < 4.78 is 6.73. The molecule has 102 valence electrons. The predicted molar refractivity (Wildman–Crippen MR) is 70.5 cm³/mol. The molecule has 0 bridgehead atoms. The van der Waals surface area contributed by atoms with E-state index in [-0.39, 0.29) is 5.97 Å². The number of nitrogens with one attached hydrogen (secondary N) is 1. The molecule has 0 aliphatic heterocycles. The molecule has 2 heterocycles. The van der Waals surface area contributed by atoms with E-state index < -0.39 is 5.41 Å². The lowest BCUT2D eigenvalue weighted by Gasteiger charge is -2.21. The van der Waals surface area contributed by atoms with Gasteiger partial charge in [0.1, 0.15) is 0 Å². The van der Waals surface area contributed by atoms with E-state index in [0.29, 0.717) is 13.1 Å². The number of hydrogen-bond acceptors (Lipinski definition) is 5. The van der Waals surface area contributed by atoms with Crippen LogP contribution in [-0.4, -0.2) is 34.0 Å². The van der Waals surface area contributed by atoms with Crippen molar-refractivity contribution in [2.24, 2.45) is 5.41 Å². The van der Waals surface area contributed by atoms with Gasteiger partial charge in [-0.2, -0.15) is 0 Å². The molecule has 0 unspecified atom stereocenters. The van der Waals surface area contributed by atoms with Gasteiger partial charge in [-0.25, -0.2) is 4.98 Å². The lowest BCUT2D eigenvalue weighted by Crippen LogP contribution is -2.36. The molecule has 2 aromatic heterocycles. The average Bonchev–Trinajstić information content (AvgIpc) is 2.81. The van der Waals surface area contributed by atoms with Crippen molar-refractivity contribution in [2.45, 2.75) is 20.4 Å². The summed E-state index contributed by atoms with van der Waals surface area (Å²) >= 11 is 0. The fourth-order valence-electron chi connectivity index (χ4n) is 1.88. The van der Waals surface area contributed by atoms with Crippen LogP contribution in [0.1, 0.15) is 19.5 Å². The molecule has 0 aromatic carbocycles. The highest BCUT2D eigenvalue weighted by Gasteiger charge is 2.28. The third kappa shape index (κ3) is 2.90. The van der Waals surface area contributed by atoms with Gasteiger partial charge in [0.25, 0.3) is 0 Å². The highest BCUT2D eigenvalue weighted by atomic mass is 16.5. The zero-order chi connectivity index (χ0) is 13.9. The zero-order valence-electron chi connectivity index (χ0n) is 11.4. The normalized spacial score (nSPS) is 11.7. The summed E-state index contributed by atoms with van der Waals surface area (Å²) in [6, 6.07) is 0. The number of nitrogens with zero attached hydrogens (tertiary/aromatic N) is 3. The number of aromatic nitrogens is 3. The molecule has 19 heavy (non-hydrogen) atoms. The molecule has 1 N–H and O–H groups in total. The van der Waals surface area contributed by atoms with Crippen molar-refractivity contribution in [1.29, 1.82) is 0 Å². The number of imidazole rings is 1. The summed E-state index contributed by atoms with van der Waals surface area (Å²) in [5.41, 5.74) is 1.29. The van der Waals surface area contributed by atoms with Crippen LogP contribution in [-0.2, 0) is 16.1 Å². The summed E-state index contributed by atoms with van der Waals surface area (Å²) in [5, 5.41) is 3.25. The lowest BCUT2D eigenvalue weighted by atomic mass is 9.94. The Morgan fingerprint density at radius 1 is 1.47 bits per heavy atom. The van der Waals surface area contributed by atoms with Gasteiger partial charge in [0.15, 0.2) is 5.65 Å². The number of rotatable bonds is 5. The van der Waals surface area contributed by atoms with Crippen LogP contribution in [0.4, 0.5) is 0 Å². The first-order valence-corrected chi connectivity index (χ1v) is 6.10. The first-order valence-electron chi connectivity index (χ1n) is 6.10. The molecule has 0 saturated carbocycles. The molecule has 0 radical (unpaired) electrons. The Morgan fingerprint density at radius 3 is 3.00 bits per heavy atom. The van der Waals surface area contributed by atoms with E-state index in [1.807, 2.05) is 24.4 Å². The summed E-state index contributed by atoms with van der Waals surface area (Å²) in [6.45, 7) is 4.87. The van der Waals surface area contributed by atoms with Gasteiger partial charge < -0.3 is 10.1 Å². The van der Waals surface area contributed by atoms with Crippen molar-refractivity contribution in [3.05, 3.63) is 30.5 Å². The Kier molecular flexibility index (Phi) is 3.80. The molecule has 0 aliphatic rings. The van der Waals surface area contributed by atoms with Gasteiger partial charge >= 0.3 is 5.97 Å². The summed E-state index contributed by atoms with van der Waals surface area (Å²) in [7, 11) is 1.40. The number of hydrogen-bond donors (Lipinski definition) is 1. The Labute approximate surface area is 111 Å². The maximum Gasteiger partial charge on any atom is 0.312 e. The molecule has 2 rings (SSSR count). The van der Waals surface area contributed by atoms with Crippen LogP contribution in [0.25, 0.3) is 5.65 Å². The molecule has 0 aliphatic carbocycles. The molecule has 6 heteroatoms. The molecule has 6 nitrogen and oxygen atoms in total. The molecule has 2 aromatic rings. The second-order valence-corrected chi connectivity index (χ2v) is 5.03. The van der Waals surface area contributed by atoms with Crippen LogP contribution in [0.3, 0.4) is 0 Å². The van der Waals surface area contributed by atoms with E-state index in [2.05, 4.69) is 15.3 Å². The van der Waals surface area contributed by atoms with E-state index >= 15 is 0 Å². The number of fused-ring (bicyclic) bond motifs is 1. The van der Waals surface area contributed by atoms with E-state index in [1.54, 1.807) is 18.6 Å². The Morgan fingerprint density at radius 2 is 2.26 bits per heavy atom. The first-order chi connectivity index (χ1) is 9.04. The van der Waals surface area contributed by atoms with Gasteiger partial charge in [0.2, 0.25) is 0 Å². The summed E-state index contributed by atoms with van der Waals surface area (Å²) in [4.78, 5) is 19.8. The smallest absolute Gasteiger partial charge is 0.312 e. The summed E-state index contributed by atoms with van der Waals surface area (Å²) in [6.07, 6.45) is 7.10. The topological polar surface area (TPSA) is 68.5 Å². The highest BCUT2D eigenvalue weighted by molar-refractivity contribution is 5.76. The van der Waals surface area contributed by atoms with Crippen molar-refractivity contribution >= 4 is 11.6 Å². The number of esters is 1. The molecule has 0 spiro atoms. The van der Waals surface area contributed by atoms with Gasteiger partial charge in [0, 0.05) is 25.5 Å². The number of methoxy groups -OCH3 is 1. The monoisotopic (exact) mass is 262 g/mol. The molecular weight excluding hydrogens is 244 g/mol. The SMILES string of the molecule is COC(=O)C(C)(C)CNCc1cnc2cnccn12. The van der Waals surface area contributed by atoms with Crippen molar-refractivity contribution in [3.8, 4) is 0 Å². The minimum atomic E-state index is -0.545. The van der Waals surface area contributed by atoms with Crippen LogP contribution in [0, 0.1) is 5.41 Å². The second kappa shape index (κ2) is 5.36. The Balaban J connectivity index is 1.98. The van der Waals surface area contributed by atoms with Crippen LogP contribution in [0.2, 0.25) is 0 Å². The quantitative estimate of drug-likeness (QED) is 0.815. The van der Waals surface area contributed by atoms with E-state index in [0.717, 1.165) is 11.3 Å². The van der Waals surface area contributed by atoms with Crippen LogP contribution >= 0.6 is 0 Å². The van der Waals surface area contributed by atoms with Gasteiger partial charge in [0.05, 0.1) is 30.6 Å². The van der Waals surface area contributed by atoms with Crippen molar-refractivity contribution in [2.75, 3.05) is 13.7 Å². The second-order valence-electron chi connectivity index (χ2n) is 5.03. The van der Waals surface area contributed by atoms with Crippen LogP contribution < -0.4 is 5.32 Å². The average molecular weight is 262 g/mol. The minimum Gasteiger partial charge on any atom is -0.469 e. The Bertz CT molecular complexity index is 577. The Hall–Kier alpha value is -1.95. The van der Waals surface area contributed by atoms with Gasteiger partial charge in [-0.15, -0.1) is 0 Å². The van der Waals surface area contributed by atoms with Crippen molar-refractivity contribution in [3.63, 3.8) is 0 Å². The van der Waals surface area contributed by atoms with E-state index in [1.165, 1.54) is 7.11 Å². The van der Waals surface area contributed by atoms with Gasteiger partial charge in [-0.05, 0) is 13.8 Å². The van der Waals surface area contributed by atoms with Crippen molar-refractivity contribution < 1.29 is 9.53 Å². The third-order valence-electron chi connectivity index (χ3n) is 3.00. The fraction of sp³-hybridized carbons (Fsp3) is 0.462.